The van der Waals surface area contributed by atoms with Gasteiger partial charge in [0.25, 0.3) is 0 Å². The molecule has 0 spiro atoms. The zero-order valence-electron chi connectivity index (χ0n) is 12.1. The summed E-state index contributed by atoms with van der Waals surface area (Å²) >= 11 is 1.50. The van der Waals surface area contributed by atoms with E-state index in [9.17, 15) is 8.42 Å². The quantitative estimate of drug-likeness (QED) is 0.614. The maximum Gasteiger partial charge on any atom is 0.212 e. The van der Waals surface area contributed by atoms with Gasteiger partial charge in [-0.15, -0.1) is 11.8 Å². The number of ether oxygens (including phenoxy) is 1. The number of sulfonamides is 1. The fourth-order valence-corrected chi connectivity index (χ4v) is 4.97. The Bertz CT molecular complexity index is 563. The highest BCUT2D eigenvalue weighted by Gasteiger charge is 2.23. The van der Waals surface area contributed by atoms with Crippen molar-refractivity contribution in [1.82, 2.24) is 4.72 Å². The number of nitrogens with two attached hydrogens (primary N) is 1. The standard InChI is InChI=1S/C14H22N2O3S2/c1-11-9-13(5-6-19-11)16-21(17,18)8-7-20-14-4-2-3-12(15)10-14/h2-4,10-11,13,16H,5-9,15H2,1H3. The lowest BCUT2D eigenvalue weighted by Crippen LogP contribution is -2.42. The van der Waals surface area contributed by atoms with E-state index in [2.05, 4.69) is 4.72 Å². The fraction of sp³-hybridized carbons (Fsp3) is 0.571. The molecule has 0 radical (unpaired) electrons. The second-order valence-corrected chi connectivity index (χ2v) is 8.30. The Morgan fingerprint density at radius 1 is 1.48 bits per heavy atom. The highest BCUT2D eigenvalue weighted by atomic mass is 32.2. The van der Waals surface area contributed by atoms with Gasteiger partial charge in [-0.25, -0.2) is 13.1 Å². The molecule has 7 heteroatoms. The Morgan fingerprint density at radius 3 is 3.00 bits per heavy atom. The minimum Gasteiger partial charge on any atom is -0.399 e. The van der Waals surface area contributed by atoms with Crippen LogP contribution in [0, 0.1) is 0 Å². The number of thioether (sulfide) groups is 1. The van der Waals surface area contributed by atoms with E-state index in [0.717, 1.165) is 17.7 Å². The van der Waals surface area contributed by atoms with E-state index < -0.39 is 10.0 Å². The summed E-state index contributed by atoms with van der Waals surface area (Å²) in [6, 6.07) is 7.46. The lowest BCUT2D eigenvalue weighted by atomic mass is 10.1. The highest BCUT2D eigenvalue weighted by molar-refractivity contribution is 8.00. The summed E-state index contributed by atoms with van der Waals surface area (Å²) in [5, 5.41) is 0. The normalized spacial score (nSPS) is 23.1. The summed E-state index contributed by atoms with van der Waals surface area (Å²) in [7, 11) is -3.24. The molecule has 1 aromatic carbocycles. The third kappa shape index (κ3) is 5.86. The molecule has 118 valence electrons. The summed E-state index contributed by atoms with van der Waals surface area (Å²) in [6.45, 7) is 2.59. The van der Waals surface area contributed by atoms with E-state index in [0.29, 0.717) is 18.0 Å². The molecule has 0 bridgehead atoms. The van der Waals surface area contributed by atoms with Crippen molar-refractivity contribution in [2.24, 2.45) is 0 Å². The van der Waals surface area contributed by atoms with Gasteiger partial charge >= 0.3 is 0 Å². The number of hydrogen-bond acceptors (Lipinski definition) is 5. The molecule has 1 heterocycles. The number of benzene rings is 1. The zero-order chi connectivity index (χ0) is 15.3. The maximum atomic E-state index is 12.1. The van der Waals surface area contributed by atoms with E-state index in [1.54, 1.807) is 0 Å². The summed E-state index contributed by atoms with van der Waals surface area (Å²) in [5.74, 6) is 0.621. The second-order valence-electron chi connectivity index (χ2n) is 5.26. The first kappa shape index (κ1) is 16.6. The van der Waals surface area contributed by atoms with Crippen LogP contribution >= 0.6 is 11.8 Å². The molecule has 0 aliphatic carbocycles. The molecular formula is C14H22N2O3S2. The van der Waals surface area contributed by atoms with Gasteiger partial charge in [0, 0.05) is 29.0 Å². The molecule has 21 heavy (non-hydrogen) atoms. The SMILES string of the molecule is CC1CC(NS(=O)(=O)CCSc2cccc(N)c2)CCO1. The van der Waals surface area contributed by atoms with Crippen molar-refractivity contribution in [3.05, 3.63) is 24.3 Å². The first-order valence-corrected chi connectivity index (χ1v) is 9.68. The van der Waals surface area contributed by atoms with E-state index in [1.807, 2.05) is 31.2 Å². The summed E-state index contributed by atoms with van der Waals surface area (Å²) in [5.41, 5.74) is 6.39. The average molecular weight is 330 g/mol. The molecule has 3 N–H and O–H groups in total. The number of anilines is 1. The predicted molar refractivity (Wildman–Crippen MR) is 86.9 cm³/mol. The summed E-state index contributed by atoms with van der Waals surface area (Å²) in [4.78, 5) is 0.991. The van der Waals surface area contributed by atoms with Crippen LogP contribution in [-0.4, -0.2) is 38.7 Å². The Balaban J connectivity index is 1.78. The van der Waals surface area contributed by atoms with Gasteiger partial charge in [0.15, 0.2) is 0 Å². The predicted octanol–water partition coefficient (Wildman–Crippen LogP) is 1.85. The van der Waals surface area contributed by atoms with Gasteiger partial charge in [-0.1, -0.05) is 6.07 Å². The minimum absolute atomic E-state index is 0.00359. The van der Waals surface area contributed by atoms with Crippen LogP contribution in [0.1, 0.15) is 19.8 Å². The Labute approximate surface area is 130 Å². The monoisotopic (exact) mass is 330 g/mol. The van der Waals surface area contributed by atoms with Crippen LogP contribution in [0.25, 0.3) is 0 Å². The van der Waals surface area contributed by atoms with Crippen LogP contribution < -0.4 is 10.5 Å². The first-order valence-electron chi connectivity index (χ1n) is 7.04. The molecule has 5 nitrogen and oxygen atoms in total. The van der Waals surface area contributed by atoms with Crippen LogP contribution in [0.4, 0.5) is 5.69 Å². The molecule has 1 aromatic rings. The Morgan fingerprint density at radius 2 is 2.29 bits per heavy atom. The van der Waals surface area contributed by atoms with Gasteiger partial charge in [-0.2, -0.15) is 0 Å². The van der Waals surface area contributed by atoms with E-state index in [1.165, 1.54) is 11.8 Å². The zero-order valence-corrected chi connectivity index (χ0v) is 13.8. The fourth-order valence-electron chi connectivity index (χ4n) is 2.29. The van der Waals surface area contributed by atoms with Crippen LogP contribution in [0.15, 0.2) is 29.2 Å². The van der Waals surface area contributed by atoms with Gasteiger partial charge in [0.05, 0.1) is 11.9 Å². The molecule has 1 aliphatic rings. The lowest BCUT2D eigenvalue weighted by Gasteiger charge is -2.27. The van der Waals surface area contributed by atoms with Crippen LogP contribution in [-0.2, 0) is 14.8 Å². The number of hydrogen-bond donors (Lipinski definition) is 2. The van der Waals surface area contributed by atoms with E-state index in [-0.39, 0.29) is 17.9 Å². The molecular weight excluding hydrogens is 308 g/mol. The van der Waals surface area contributed by atoms with E-state index in [4.69, 9.17) is 10.5 Å². The summed E-state index contributed by atoms with van der Waals surface area (Å²) in [6.07, 6.45) is 1.60. The lowest BCUT2D eigenvalue weighted by molar-refractivity contribution is 0.0173. The Hall–Kier alpha value is -0.760. The van der Waals surface area contributed by atoms with Crippen LogP contribution in [0.5, 0.6) is 0 Å². The molecule has 1 aliphatic heterocycles. The van der Waals surface area contributed by atoms with Crippen molar-refractivity contribution in [1.29, 1.82) is 0 Å². The topological polar surface area (TPSA) is 81.4 Å². The van der Waals surface area contributed by atoms with Gasteiger partial charge in [-0.05, 0) is 38.0 Å². The molecule has 0 amide bonds. The van der Waals surface area contributed by atoms with Gasteiger partial charge in [0.2, 0.25) is 10.0 Å². The van der Waals surface area contributed by atoms with Crippen molar-refractivity contribution in [3.8, 4) is 0 Å². The molecule has 0 aromatic heterocycles. The molecule has 2 atom stereocenters. The highest BCUT2D eigenvalue weighted by Crippen LogP contribution is 2.20. The maximum absolute atomic E-state index is 12.1. The minimum atomic E-state index is -3.24. The van der Waals surface area contributed by atoms with Gasteiger partial charge in [-0.3, -0.25) is 0 Å². The smallest absolute Gasteiger partial charge is 0.212 e. The molecule has 2 unspecified atom stereocenters. The van der Waals surface area contributed by atoms with Crippen LogP contribution in [0.2, 0.25) is 0 Å². The molecule has 1 fully saturated rings. The van der Waals surface area contributed by atoms with Gasteiger partial charge in [0.1, 0.15) is 0 Å². The summed E-state index contributed by atoms with van der Waals surface area (Å²) < 4.78 is 32.3. The number of rotatable bonds is 6. The van der Waals surface area contributed by atoms with Crippen molar-refractivity contribution in [2.45, 2.75) is 36.8 Å². The first-order chi connectivity index (χ1) is 9.94. The third-order valence-corrected chi connectivity index (χ3v) is 6.00. The molecule has 1 saturated heterocycles. The average Bonchev–Trinajstić information content (AvgIpc) is 2.38. The third-order valence-electron chi connectivity index (χ3n) is 3.31. The van der Waals surface area contributed by atoms with Crippen LogP contribution in [0.3, 0.4) is 0 Å². The second kappa shape index (κ2) is 7.49. The molecule has 2 rings (SSSR count). The molecule has 0 saturated carbocycles. The van der Waals surface area contributed by atoms with E-state index >= 15 is 0 Å². The number of nitrogens with one attached hydrogen (secondary N) is 1. The van der Waals surface area contributed by atoms with Crippen molar-refractivity contribution in [2.75, 3.05) is 23.8 Å². The van der Waals surface area contributed by atoms with Crippen molar-refractivity contribution < 1.29 is 13.2 Å². The Kier molecular flexibility index (Phi) is 5.92. The van der Waals surface area contributed by atoms with Crippen molar-refractivity contribution >= 4 is 27.5 Å². The largest absolute Gasteiger partial charge is 0.399 e. The van der Waals surface area contributed by atoms with Crippen molar-refractivity contribution in [3.63, 3.8) is 0 Å². The van der Waals surface area contributed by atoms with Gasteiger partial charge < -0.3 is 10.5 Å². The number of nitrogen functional groups attached to an aromatic ring is 1.